The Bertz CT molecular complexity index is 527. The van der Waals surface area contributed by atoms with Gasteiger partial charge in [0.2, 0.25) is 5.95 Å². The Morgan fingerprint density at radius 1 is 1.24 bits per heavy atom. The molecule has 0 aliphatic heterocycles. The summed E-state index contributed by atoms with van der Waals surface area (Å²) in [5.41, 5.74) is 3.01. The zero-order valence-electron chi connectivity index (χ0n) is 8.64. The van der Waals surface area contributed by atoms with Gasteiger partial charge in [-0.05, 0) is 22.0 Å². The second-order valence-corrected chi connectivity index (χ2v) is 4.03. The van der Waals surface area contributed by atoms with Crippen molar-refractivity contribution in [1.82, 2.24) is 9.97 Å². The summed E-state index contributed by atoms with van der Waals surface area (Å²) in [7, 11) is 0. The monoisotopic (exact) mass is 294 g/mol. The molecule has 17 heavy (non-hydrogen) atoms. The van der Waals surface area contributed by atoms with Crippen LogP contribution in [-0.2, 0) is 0 Å². The molecule has 0 bridgehead atoms. The number of benzene rings is 1. The highest BCUT2D eigenvalue weighted by atomic mass is 79.9. The summed E-state index contributed by atoms with van der Waals surface area (Å²) in [6.45, 7) is 0. The van der Waals surface area contributed by atoms with Gasteiger partial charge in [0.15, 0.2) is 0 Å². The molecule has 1 aromatic carbocycles. The SMILES string of the molecule is Fc1ccccc1C=NNc1ncc(Br)cn1. The fourth-order valence-corrected chi connectivity index (χ4v) is 1.31. The van der Waals surface area contributed by atoms with E-state index in [1.807, 2.05) is 0 Å². The van der Waals surface area contributed by atoms with Gasteiger partial charge in [-0.3, -0.25) is 0 Å². The third kappa shape index (κ3) is 3.32. The van der Waals surface area contributed by atoms with E-state index in [0.29, 0.717) is 11.5 Å². The van der Waals surface area contributed by atoms with E-state index in [0.717, 1.165) is 4.47 Å². The minimum absolute atomic E-state index is 0.324. The first-order valence-corrected chi connectivity index (χ1v) is 5.56. The lowest BCUT2D eigenvalue weighted by atomic mass is 10.2. The number of nitrogens with one attached hydrogen (secondary N) is 1. The molecule has 86 valence electrons. The molecular formula is C11H8BrFN4. The van der Waals surface area contributed by atoms with E-state index in [1.54, 1.807) is 30.6 Å². The van der Waals surface area contributed by atoms with Crippen molar-refractivity contribution in [1.29, 1.82) is 0 Å². The van der Waals surface area contributed by atoms with Gasteiger partial charge in [0, 0.05) is 18.0 Å². The van der Waals surface area contributed by atoms with Crippen molar-refractivity contribution >= 4 is 28.1 Å². The zero-order chi connectivity index (χ0) is 12.1. The van der Waals surface area contributed by atoms with Crippen LogP contribution in [0.1, 0.15) is 5.56 Å². The molecule has 1 heterocycles. The fraction of sp³-hybridized carbons (Fsp3) is 0. The molecule has 1 aromatic heterocycles. The lowest BCUT2D eigenvalue weighted by Crippen LogP contribution is -1.96. The summed E-state index contributed by atoms with van der Waals surface area (Å²) in [5.74, 6) is 0.0237. The van der Waals surface area contributed by atoms with Crippen molar-refractivity contribution < 1.29 is 4.39 Å². The smallest absolute Gasteiger partial charge is 0.243 e. The minimum Gasteiger partial charge on any atom is -0.245 e. The van der Waals surface area contributed by atoms with E-state index in [9.17, 15) is 4.39 Å². The first kappa shape index (κ1) is 11.7. The first-order valence-electron chi connectivity index (χ1n) is 4.77. The van der Waals surface area contributed by atoms with Gasteiger partial charge in [-0.1, -0.05) is 18.2 Å². The Labute approximate surface area is 106 Å². The topological polar surface area (TPSA) is 50.2 Å². The number of hydrogen-bond acceptors (Lipinski definition) is 4. The largest absolute Gasteiger partial charge is 0.245 e. The third-order valence-corrected chi connectivity index (χ3v) is 2.30. The third-order valence-electron chi connectivity index (χ3n) is 1.89. The van der Waals surface area contributed by atoms with Gasteiger partial charge in [0.05, 0.1) is 10.7 Å². The summed E-state index contributed by atoms with van der Waals surface area (Å²) in [6, 6.07) is 6.36. The molecule has 0 aliphatic carbocycles. The minimum atomic E-state index is -0.324. The molecule has 2 aromatic rings. The van der Waals surface area contributed by atoms with Crippen molar-refractivity contribution in [3.63, 3.8) is 0 Å². The zero-order valence-corrected chi connectivity index (χ0v) is 10.2. The van der Waals surface area contributed by atoms with Crippen LogP contribution in [-0.4, -0.2) is 16.2 Å². The fourth-order valence-electron chi connectivity index (χ4n) is 1.11. The number of anilines is 1. The number of aromatic nitrogens is 2. The van der Waals surface area contributed by atoms with E-state index in [1.165, 1.54) is 12.3 Å². The molecule has 4 nitrogen and oxygen atoms in total. The van der Waals surface area contributed by atoms with Gasteiger partial charge in [-0.2, -0.15) is 5.10 Å². The standard InChI is InChI=1S/C11H8BrFN4/c12-9-6-14-11(15-7-9)17-16-5-8-3-1-2-4-10(8)13/h1-7H,(H,14,15,17). The number of rotatable bonds is 3. The molecule has 0 amide bonds. The maximum atomic E-state index is 13.2. The molecule has 0 radical (unpaired) electrons. The predicted octanol–water partition coefficient (Wildman–Crippen LogP) is 2.82. The summed E-state index contributed by atoms with van der Waals surface area (Å²) in [6.07, 6.45) is 4.56. The van der Waals surface area contributed by atoms with Gasteiger partial charge >= 0.3 is 0 Å². The van der Waals surface area contributed by atoms with E-state index < -0.39 is 0 Å². The highest BCUT2D eigenvalue weighted by Gasteiger charge is 1.96. The summed E-state index contributed by atoms with van der Waals surface area (Å²) >= 11 is 3.22. The molecule has 0 atom stereocenters. The Morgan fingerprint density at radius 2 is 1.94 bits per heavy atom. The van der Waals surface area contributed by atoms with Crippen molar-refractivity contribution in [2.24, 2.45) is 5.10 Å². The number of hydrazone groups is 1. The molecule has 0 saturated heterocycles. The first-order chi connectivity index (χ1) is 8.25. The van der Waals surface area contributed by atoms with Crippen LogP contribution in [0.2, 0.25) is 0 Å². The molecular weight excluding hydrogens is 287 g/mol. The molecule has 6 heteroatoms. The lowest BCUT2D eigenvalue weighted by molar-refractivity contribution is 0.626. The molecule has 1 N–H and O–H groups in total. The van der Waals surface area contributed by atoms with Crippen molar-refractivity contribution in [3.05, 3.63) is 52.5 Å². The van der Waals surface area contributed by atoms with Gasteiger partial charge in [0.1, 0.15) is 5.82 Å². The van der Waals surface area contributed by atoms with Gasteiger partial charge in [-0.15, -0.1) is 0 Å². The van der Waals surface area contributed by atoms with Crippen molar-refractivity contribution in [2.45, 2.75) is 0 Å². The molecule has 0 fully saturated rings. The second-order valence-electron chi connectivity index (χ2n) is 3.12. The van der Waals surface area contributed by atoms with Crippen LogP contribution in [0, 0.1) is 5.82 Å². The predicted molar refractivity (Wildman–Crippen MR) is 67.3 cm³/mol. The van der Waals surface area contributed by atoms with E-state index >= 15 is 0 Å². The molecule has 0 unspecified atom stereocenters. The summed E-state index contributed by atoms with van der Waals surface area (Å²) in [5, 5.41) is 3.85. The average Bonchev–Trinajstić information content (AvgIpc) is 2.34. The van der Waals surface area contributed by atoms with Gasteiger partial charge in [-0.25, -0.2) is 19.8 Å². The Balaban J connectivity index is 2.03. The highest BCUT2D eigenvalue weighted by molar-refractivity contribution is 9.10. The summed E-state index contributed by atoms with van der Waals surface area (Å²) in [4.78, 5) is 7.91. The highest BCUT2D eigenvalue weighted by Crippen LogP contribution is 2.07. The van der Waals surface area contributed by atoms with Crippen molar-refractivity contribution in [2.75, 3.05) is 5.43 Å². The van der Waals surface area contributed by atoms with Gasteiger partial charge < -0.3 is 0 Å². The van der Waals surface area contributed by atoms with Gasteiger partial charge in [0.25, 0.3) is 0 Å². The molecule has 0 spiro atoms. The quantitative estimate of drug-likeness (QED) is 0.699. The normalized spacial score (nSPS) is 10.7. The molecule has 0 saturated carbocycles. The van der Waals surface area contributed by atoms with E-state index in [2.05, 4.69) is 36.4 Å². The van der Waals surface area contributed by atoms with Crippen LogP contribution in [0.5, 0.6) is 0 Å². The summed E-state index contributed by atoms with van der Waals surface area (Å²) < 4.78 is 14.0. The Hall–Kier alpha value is -1.82. The van der Waals surface area contributed by atoms with Crippen LogP contribution in [0.3, 0.4) is 0 Å². The lowest BCUT2D eigenvalue weighted by Gasteiger charge is -1.98. The molecule has 0 aliphatic rings. The van der Waals surface area contributed by atoms with Crippen LogP contribution < -0.4 is 5.43 Å². The maximum Gasteiger partial charge on any atom is 0.243 e. The van der Waals surface area contributed by atoms with Crippen LogP contribution >= 0.6 is 15.9 Å². The van der Waals surface area contributed by atoms with Crippen LogP contribution in [0.25, 0.3) is 0 Å². The van der Waals surface area contributed by atoms with Crippen molar-refractivity contribution in [3.8, 4) is 0 Å². The maximum absolute atomic E-state index is 13.2. The Morgan fingerprint density at radius 3 is 2.65 bits per heavy atom. The molecule has 2 rings (SSSR count). The number of nitrogens with zero attached hydrogens (tertiary/aromatic N) is 3. The number of hydrogen-bond donors (Lipinski definition) is 1. The Kier molecular flexibility index (Phi) is 3.77. The average molecular weight is 295 g/mol. The second kappa shape index (κ2) is 5.49. The van der Waals surface area contributed by atoms with Crippen LogP contribution in [0.4, 0.5) is 10.3 Å². The van der Waals surface area contributed by atoms with E-state index in [-0.39, 0.29) is 5.82 Å². The van der Waals surface area contributed by atoms with E-state index in [4.69, 9.17) is 0 Å². The van der Waals surface area contributed by atoms with Crippen LogP contribution in [0.15, 0.2) is 46.2 Å². The number of halogens is 2.